The molecule has 13 heteroatoms. The maximum absolute atomic E-state index is 13.5. The maximum atomic E-state index is 13.5. The number of H-pyrrole nitrogens is 1. The summed E-state index contributed by atoms with van der Waals surface area (Å²) in [4.78, 5) is 58.4. The van der Waals surface area contributed by atoms with Gasteiger partial charge in [0.1, 0.15) is 18.1 Å². The van der Waals surface area contributed by atoms with E-state index in [-0.39, 0.29) is 37.2 Å². The van der Waals surface area contributed by atoms with Crippen molar-refractivity contribution in [1.82, 2.24) is 20.9 Å². The van der Waals surface area contributed by atoms with Gasteiger partial charge in [0.15, 0.2) is 5.96 Å². The summed E-state index contributed by atoms with van der Waals surface area (Å²) in [5.74, 6) is -3.70. The monoisotopic (exact) mass is 572 g/mol. The number of carbonyl (C=O) groups excluding carboxylic acids is 3. The van der Waals surface area contributed by atoms with E-state index in [2.05, 4.69) is 25.9 Å². The first-order valence-corrected chi connectivity index (χ1v) is 13.9. The Kier molecular flexibility index (Phi) is 12.6. The highest BCUT2D eigenvalue weighted by Crippen LogP contribution is 2.19. The number of carbonyl (C=O) groups is 4. The van der Waals surface area contributed by atoms with E-state index in [0.717, 1.165) is 16.5 Å². The fourth-order valence-corrected chi connectivity index (χ4v) is 4.39. The zero-order chi connectivity index (χ0) is 30.7. The Morgan fingerprint density at radius 3 is 2.24 bits per heavy atom. The summed E-state index contributed by atoms with van der Waals surface area (Å²) >= 11 is 0. The van der Waals surface area contributed by atoms with Crippen LogP contribution in [0.4, 0.5) is 0 Å². The van der Waals surface area contributed by atoms with E-state index < -0.39 is 47.9 Å². The minimum atomic E-state index is -1.17. The lowest BCUT2D eigenvalue weighted by Gasteiger charge is -2.28. The number of hydrogen-bond donors (Lipinski definition) is 8. The lowest BCUT2D eigenvalue weighted by Crippen LogP contribution is -2.59. The number of aliphatic imine (C=N–C) groups is 1. The van der Waals surface area contributed by atoms with Gasteiger partial charge in [-0.15, -0.1) is 0 Å². The Bertz CT molecular complexity index is 1220. The molecule has 3 amide bonds. The van der Waals surface area contributed by atoms with E-state index in [1.807, 2.05) is 31.2 Å². The first-order chi connectivity index (χ1) is 19.3. The van der Waals surface area contributed by atoms with Crippen molar-refractivity contribution in [2.75, 3.05) is 6.54 Å². The summed E-state index contributed by atoms with van der Waals surface area (Å²) in [6, 6.07) is 3.52. The van der Waals surface area contributed by atoms with Crippen molar-refractivity contribution in [2.24, 2.45) is 34.0 Å². The van der Waals surface area contributed by atoms with Gasteiger partial charge in [-0.1, -0.05) is 52.3 Å². The highest BCUT2D eigenvalue weighted by atomic mass is 16.4. The predicted octanol–water partition coefficient (Wildman–Crippen LogP) is 0.332. The van der Waals surface area contributed by atoms with Gasteiger partial charge in [-0.25, -0.2) is 4.79 Å². The van der Waals surface area contributed by atoms with Crippen LogP contribution in [0.2, 0.25) is 0 Å². The van der Waals surface area contributed by atoms with Crippen molar-refractivity contribution >= 4 is 40.6 Å². The van der Waals surface area contributed by atoms with Gasteiger partial charge in [-0.05, 0) is 42.7 Å². The second-order valence-electron chi connectivity index (χ2n) is 10.6. The molecule has 2 aromatic rings. The van der Waals surface area contributed by atoms with Crippen LogP contribution in [0.5, 0.6) is 0 Å². The molecule has 0 bridgehead atoms. The van der Waals surface area contributed by atoms with Gasteiger partial charge in [-0.3, -0.25) is 19.4 Å². The average Bonchev–Trinajstić information content (AvgIpc) is 3.33. The number of hydrogen-bond acceptors (Lipinski definition) is 6. The molecule has 0 radical (unpaired) electrons. The van der Waals surface area contributed by atoms with Gasteiger partial charge in [0, 0.05) is 23.6 Å². The van der Waals surface area contributed by atoms with E-state index in [0.29, 0.717) is 12.8 Å². The van der Waals surface area contributed by atoms with Crippen LogP contribution in [-0.4, -0.2) is 70.5 Å². The number of nitrogens with one attached hydrogen (secondary N) is 4. The van der Waals surface area contributed by atoms with Crippen molar-refractivity contribution in [2.45, 2.75) is 77.5 Å². The van der Waals surface area contributed by atoms with Gasteiger partial charge >= 0.3 is 5.97 Å². The van der Waals surface area contributed by atoms with E-state index in [4.69, 9.17) is 17.2 Å². The van der Waals surface area contributed by atoms with Crippen LogP contribution in [0.25, 0.3) is 10.9 Å². The molecule has 13 nitrogen and oxygen atoms in total. The summed E-state index contributed by atoms with van der Waals surface area (Å²) in [5, 5.41) is 18.4. The van der Waals surface area contributed by atoms with E-state index in [9.17, 15) is 24.3 Å². The number of rotatable bonds is 16. The first kappa shape index (κ1) is 33.1. The van der Waals surface area contributed by atoms with E-state index >= 15 is 0 Å². The SMILES string of the molecule is CCC(C)C(NC(=O)C(CCCN=C(N)N)NC(=O)C(N)Cc1c[nH]c2ccccc12)C(=O)NC(C(=O)O)C(C)C. The molecule has 0 spiro atoms. The van der Waals surface area contributed by atoms with Crippen LogP contribution in [0.15, 0.2) is 35.5 Å². The van der Waals surface area contributed by atoms with Crippen molar-refractivity contribution in [1.29, 1.82) is 0 Å². The Balaban J connectivity index is 2.19. The summed E-state index contributed by atoms with van der Waals surface area (Å²) in [5.41, 5.74) is 18.8. The molecule has 0 saturated heterocycles. The summed E-state index contributed by atoms with van der Waals surface area (Å²) < 4.78 is 0. The number of carboxylic acids is 1. The lowest BCUT2D eigenvalue weighted by atomic mass is 9.96. The van der Waals surface area contributed by atoms with Crippen molar-refractivity contribution in [3.05, 3.63) is 36.0 Å². The molecule has 0 fully saturated rings. The molecular weight excluding hydrogens is 528 g/mol. The highest BCUT2D eigenvalue weighted by Gasteiger charge is 2.33. The highest BCUT2D eigenvalue weighted by molar-refractivity contribution is 5.94. The van der Waals surface area contributed by atoms with E-state index in [1.165, 1.54) is 0 Å². The number of nitrogens with zero attached hydrogens (tertiary/aromatic N) is 1. The van der Waals surface area contributed by atoms with Crippen LogP contribution in [0.3, 0.4) is 0 Å². The van der Waals surface area contributed by atoms with Gasteiger partial charge < -0.3 is 43.2 Å². The Labute approximate surface area is 240 Å². The number of nitrogens with two attached hydrogens (primary N) is 3. The third-order valence-electron chi connectivity index (χ3n) is 7.05. The number of guanidine groups is 1. The number of aromatic nitrogens is 1. The number of carboxylic acid groups (broad SMARTS) is 1. The number of para-hydroxylation sites is 1. The van der Waals surface area contributed by atoms with E-state index in [1.54, 1.807) is 27.0 Å². The van der Waals surface area contributed by atoms with Gasteiger partial charge in [0.05, 0.1) is 6.04 Å². The zero-order valence-electron chi connectivity index (χ0n) is 24.1. The van der Waals surface area contributed by atoms with Gasteiger partial charge in [-0.2, -0.15) is 0 Å². The molecule has 1 heterocycles. The number of aliphatic carboxylic acids is 1. The molecule has 41 heavy (non-hydrogen) atoms. The third-order valence-corrected chi connectivity index (χ3v) is 7.05. The molecule has 0 aliphatic carbocycles. The molecule has 11 N–H and O–H groups in total. The quantitative estimate of drug-likeness (QED) is 0.0791. The number of fused-ring (bicyclic) bond motifs is 1. The molecule has 5 unspecified atom stereocenters. The molecule has 1 aromatic heterocycles. The van der Waals surface area contributed by atoms with Crippen LogP contribution in [-0.2, 0) is 25.6 Å². The third kappa shape index (κ3) is 9.78. The Morgan fingerprint density at radius 2 is 1.63 bits per heavy atom. The van der Waals surface area contributed by atoms with Crippen LogP contribution in [0.1, 0.15) is 52.5 Å². The van der Waals surface area contributed by atoms with Crippen LogP contribution in [0, 0.1) is 11.8 Å². The summed E-state index contributed by atoms with van der Waals surface area (Å²) in [6.07, 6.45) is 3.11. The fraction of sp³-hybridized carbons (Fsp3) is 0.536. The van der Waals surface area contributed by atoms with Crippen molar-refractivity contribution < 1.29 is 24.3 Å². The minimum Gasteiger partial charge on any atom is -0.480 e. The molecule has 226 valence electrons. The second-order valence-corrected chi connectivity index (χ2v) is 10.6. The molecule has 2 rings (SSSR count). The fourth-order valence-electron chi connectivity index (χ4n) is 4.39. The molecular formula is C28H44N8O5. The average molecular weight is 573 g/mol. The normalized spacial score (nSPS) is 14.9. The van der Waals surface area contributed by atoms with Crippen LogP contribution < -0.4 is 33.2 Å². The summed E-state index contributed by atoms with van der Waals surface area (Å²) in [6.45, 7) is 7.22. The zero-order valence-corrected chi connectivity index (χ0v) is 24.1. The second kappa shape index (κ2) is 15.6. The Morgan fingerprint density at radius 1 is 0.976 bits per heavy atom. The largest absolute Gasteiger partial charge is 0.480 e. The molecule has 0 aliphatic rings. The molecule has 1 aromatic carbocycles. The lowest BCUT2D eigenvalue weighted by molar-refractivity contribution is -0.144. The molecule has 0 saturated carbocycles. The van der Waals surface area contributed by atoms with Crippen LogP contribution >= 0.6 is 0 Å². The first-order valence-electron chi connectivity index (χ1n) is 13.9. The summed E-state index contributed by atoms with van der Waals surface area (Å²) in [7, 11) is 0. The van der Waals surface area contributed by atoms with Gasteiger partial charge in [0.2, 0.25) is 17.7 Å². The number of aromatic amines is 1. The van der Waals surface area contributed by atoms with Crippen molar-refractivity contribution in [3.8, 4) is 0 Å². The topological polar surface area (TPSA) is 231 Å². The molecule has 0 aliphatic heterocycles. The minimum absolute atomic E-state index is 0.0950. The van der Waals surface area contributed by atoms with Crippen molar-refractivity contribution in [3.63, 3.8) is 0 Å². The number of benzene rings is 1. The molecule has 5 atom stereocenters. The predicted molar refractivity (Wildman–Crippen MR) is 158 cm³/mol. The van der Waals surface area contributed by atoms with Gasteiger partial charge in [0.25, 0.3) is 0 Å². The Hall–Kier alpha value is -4.13. The maximum Gasteiger partial charge on any atom is 0.326 e. The number of amides is 3. The standard InChI is InChI=1S/C28H44N8O5/c1-5-16(4)23(26(39)35-22(15(2)3)27(40)41)36-25(38)21(11-8-12-32-28(30)31)34-24(37)19(29)13-17-14-33-20-10-7-6-9-18(17)20/h6-7,9-10,14-16,19,21-23,33H,5,8,11-13,29H2,1-4H3,(H,34,37)(H,35,39)(H,36,38)(H,40,41)(H4,30,31,32). The smallest absolute Gasteiger partial charge is 0.326 e.